The molecule has 0 saturated carbocycles. The van der Waals surface area contributed by atoms with Crippen molar-refractivity contribution in [3.63, 3.8) is 0 Å². The molecule has 0 aromatic heterocycles. The smallest absolute Gasteiger partial charge is 0.265 e. The van der Waals surface area contributed by atoms with Crippen LogP contribution in [-0.4, -0.2) is 27.4 Å². The van der Waals surface area contributed by atoms with Crippen molar-refractivity contribution in [3.8, 4) is 0 Å². The van der Waals surface area contributed by atoms with Gasteiger partial charge < -0.3 is 5.32 Å². The summed E-state index contributed by atoms with van der Waals surface area (Å²) in [5.41, 5.74) is 1.26. The highest BCUT2D eigenvalue weighted by Crippen LogP contribution is 2.36. The highest BCUT2D eigenvalue weighted by molar-refractivity contribution is 7.93. The Morgan fingerprint density at radius 3 is 2.48 bits per heavy atom. The molecule has 2 aromatic carbocycles. The van der Waals surface area contributed by atoms with E-state index in [1.54, 1.807) is 24.3 Å². The third-order valence-electron chi connectivity index (χ3n) is 3.84. The fourth-order valence-electron chi connectivity index (χ4n) is 2.74. The van der Waals surface area contributed by atoms with Gasteiger partial charge >= 0.3 is 0 Å². The fraction of sp³-hybridized carbons (Fsp3) is 0.188. The lowest BCUT2D eigenvalue weighted by Crippen LogP contribution is -2.47. The van der Waals surface area contributed by atoms with E-state index in [2.05, 4.69) is 5.32 Å². The van der Waals surface area contributed by atoms with Crippen LogP contribution >= 0.6 is 0 Å². The zero-order valence-electron chi connectivity index (χ0n) is 12.4. The monoisotopic (exact) mass is 334 g/mol. The van der Waals surface area contributed by atoms with Crippen LogP contribution < -0.4 is 9.62 Å². The van der Waals surface area contributed by atoms with Crippen molar-refractivity contribution in [2.75, 3.05) is 11.4 Å². The first kappa shape index (κ1) is 15.5. The topological polar surface area (TPSA) is 66.5 Å². The van der Waals surface area contributed by atoms with Crippen molar-refractivity contribution in [2.45, 2.75) is 17.4 Å². The molecule has 1 heterocycles. The van der Waals surface area contributed by atoms with Crippen LogP contribution in [0.5, 0.6) is 0 Å². The molecular weight excluding hydrogens is 319 g/mol. The zero-order chi connectivity index (χ0) is 16.6. The third-order valence-corrected chi connectivity index (χ3v) is 5.68. The number of anilines is 1. The Hall–Kier alpha value is -2.41. The molecule has 1 aliphatic rings. The number of nitrogens with zero attached hydrogens (tertiary/aromatic N) is 1. The van der Waals surface area contributed by atoms with Gasteiger partial charge in [0.05, 0.1) is 10.6 Å². The number of hydrogen-bond acceptors (Lipinski definition) is 3. The molecule has 3 rings (SSSR count). The SMILES string of the molecule is CNC(=O)C1Cc2ccccc2N1S(=O)(=O)c1ccc(F)cc1. The summed E-state index contributed by atoms with van der Waals surface area (Å²) in [6, 6.07) is 10.7. The molecule has 0 spiro atoms. The van der Waals surface area contributed by atoms with E-state index in [0.29, 0.717) is 12.1 Å². The molecular formula is C16H15FN2O3S. The number of para-hydroxylation sites is 1. The number of carbonyl (C=O) groups excluding carboxylic acids is 1. The van der Waals surface area contributed by atoms with Crippen LogP contribution in [0.4, 0.5) is 10.1 Å². The number of likely N-dealkylation sites (N-methyl/N-ethyl adjacent to an activating group) is 1. The number of fused-ring (bicyclic) bond motifs is 1. The maximum Gasteiger partial charge on any atom is 0.265 e. The first-order valence-electron chi connectivity index (χ1n) is 7.04. The summed E-state index contributed by atoms with van der Waals surface area (Å²) in [6.45, 7) is 0. The molecule has 1 aliphatic heterocycles. The average Bonchev–Trinajstić information content (AvgIpc) is 2.94. The zero-order valence-corrected chi connectivity index (χ0v) is 13.2. The van der Waals surface area contributed by atoms with E-state index in [1.165, 1.54) is 19.2 Å². The lowest BCUT2D eigenvalue weighted by Gasteiger charge is -2.25. The molecule has 0 radical (unpaired) electrons. The van der Waals surface area contributed by atoms with E-state index >= 15 is 0 Å². The first-order valence-corrected chi connectivity index (χ1v) is 8.48. The normalized spacial score (nSPS) is 17.0. The molecule has 120 valence electrons. The summed E-state index contributed by atoms with van der Waals surface area (Å²) in [7, 11) is -2.50. The summed E-state index contributed by atoms with van der Waals surface area (Å²) in [6.07, 6.45) is 0.302. The van der Waals surface area contributed by atoms with Gasteiger partial charge in [-0.25, -0.2) is 12.8 Å². The van der Waals surface area contributed by atoms with Crippen LogP contribution in [0.15, 0.2) is 53.4 Å². The molecule has 1 N–H and O–H groups in total. The second-order valence-corrected chi connectivity index (χ2v) is 7.03. The molecule has 1 unspecified atom stereocenters. The van der Waals surface area contributed by atoms with Gasteiger partial charge in [0.25, 0.3) is 10.0 Å². The van der Waals surface area contributed by atoms with Crippen molar-refractivity contribution in [1.82, 2.24) is 5.32 Å². The maximum atomic E-state index is 13.1. The lowest BCUT2D eigenvalue weighted by atomic mass is 10.1. The summed E-state index contributed by atoms with van der Waals surface area (Å²) >= 11 is 0. The minimum Gasteiger partial charge on any atom is -0.357 e. The molecule has 2 aromatic rings. The summed E-state index contributed by atoms with van der Waals surface area (Å²) in [5.74, 6) is -0.902. The molecule has 5 nitrogen and oxygen atoms in total. The Morgan fingerprint density at radius 2 is 1.83 bits per heavy atom. The Kier molecular flexibility index (Phi) is 3.81. The molecule has 1 amide bonds. The van der Waals surface area contributed by atoms with Crippen molar-refractivity contribution < 1.29 is 17.6 Å². The van der Waals surface area contributed by atoms with Gasteiger partial charge in [-0.3, -0.25) is 9.10 Å². The minimum atomic E-state index is -3.97. The molecule has 0 aliphatic carbocycles. The van der Waals surface area contributed by atoms with Gasteiger partial charge in [-0.05, 0) is 35.9 Å². The van der Waals surface area contributed by atoms with Gasteiger partial charge in [-0.2, -0.15) is 0 Å². The van der Waals surface area contributed by atoms with Gasteiger partial charge in [0.1, 0.15) is 11.9 Å². The molecule has 0 fully saturated rings. The quantitative estimate of drug-likeness (QED) is 0.929. The summed E-state index contributed by atoms with van der Waals surface area (Å²) < 4.78 is 40.1. The van der Waals surface area contributed by atoms with E-state index in [-0.39, 0.29) is 10.8 Å². The number of benzene rings is 2. The predicted molar refractivity (Wildman–Crippen MR) is 84.1 cm³/mol. The van der Waals surface area contributed by atoms with Gasteiger partial charge in [-0.15, -0.1) is 0 Å². The number of rotatable bonds is 3. The molecule has 0 saturated heterocycles. The number of halogens is 1. The maximum absolute atomic E-state index is 13.1. The van der Waals surface area contributed by atoms with Gasteiger partial charge in [0.15, 0.2) is 0 Å². The van der Waals surface area contributed by atoms with Crippen molar-refractivity contribution in [1.29, 1.82) is 0 Å². The van der Waals surface area contributed by atoms with Crippen LogP contribution in [-0.2, 0) is 21.2 Å². The number of nitrogens with one attached hydrogen (secondary N) is 1. The Balaban J connectivity index is 2.13. The third kappa shape index (κ3) is 2.57. The van der Waals surface area contributed by atoms with E-state index in [9.17, 15) is 17.6 Å². The van der Waals surface area contributed by atoms with Crippen molar-refractivity contribution >= 4 is 21.6 Å². The van der Waals surface area contributed by atoms with Gasteiger partial charge in [-0.1, -0.05) is 18.2 Å². The Morgan fingerprint density at radius 1 is 1.17 bits per heavy atom. The standard InChI is InChI=1S/C16H15FN2O3S/c1-18-16(20)15-10-11-4-2-3-5-14(11)19(15)23(21,22)13-8-6-12(17)7-9-13/h2-9,15H,10H2,1H3,(H,18,20). The summed E-state index contributed by atoms with van der Waals surface area (Å²) in [5, 5.41) is 2.50. The first-order chi connectivity index (χ1) is 10.9. The summed E-state index contributed by atoms with van der Waals surface area (Å²) in [4.78, 5) is 12.1. The molecule has 7 heteroatoms. The highest BCUT2D eigenvalue weighted by Gasteiger charge is 2.41. The second-order valence-electron chi connectivity index (χ2n) is 5.22. The van der Waals surface area contributed by atoms with Crippen LogP contribution in [0.2, 0.25) is 0 Å². The van der Waals surface area contributed by atoms with E-state index in [0.717, 1.165) is 22.0 Å². The van der Waals surface area contributed by atoms with Gasteiger partial charge in [0.2, 0.25) is 5.91 Å². The van der Waals surface area contributed by atoms with Gasteiger partial charge in [0, 0.05) is 13.5 Å². The minimum absolute atomic E-state index is 0.0514. The average molecular weight is 334 g/mol. The highest BCUT2D eigenvalue weighted by atomic mass is 32.2. The second kappa shape index (κ2) is 5.66. The molecule has 23 heavy (non-hydrogen) atoms. The van der Waals surface area contributed by atoms with E-state index in [1.807, 2.05) is 0 Å². The molecule has 0 bridgehead atoms. The van der Waals surface area contributed by atoms with Crippen LogP contribution in [0, 0.1) is 5.82 Å². The number of sulfonamides is 1. The van der Waals surface area contributed by atoms with Crippen LogP contribution in [0.25, 0.3) is 0 Å². The molecule has 1 atom stereocenters. The van der Waals surface area contributed by atoms with Crippen molar-refractivity contribution in [3.05, 3.63) is 59.9 Å². The Bertz CT molecular complexity index is 850. The Labute approximate surface area is 133 Å². The number of amides is 1. The lowest BCUT2D eigenvalue weighted by molar-refractivity contribution is -0.121. The van der Waals surface area contributed by atoms with Crippen molar-refractivity contribution in [2.24, 2.45) is 0 Å². The van der Waals surface area contributed by atoms with Crippen LogP contribution in [0.3, 0.4) is 0 Å². The fourth-order valence-corrected chi connectivity index (χ4v) is 4.39. The number of carbonyl (C=O) groups is 1. The van der Waals surface area contributed by atoms with E-state index < -0.39 is 21.9 Å². The van der Waals surface area contributed by atoms with E-state index in [4.69, 9.17) is 0 Å². The number of hydrogen-bond donors (Lipinski definition) is 1. The van der Waals surface area contributed by atoms with Crippen LogP contribution in [0.1, 0.15) is 5.56 Å². The predicted octanol–water partition coefficient (Wildman–Crippen LogP) is 1.69. The largest absolute Gasteiger partial charge is 0.357 e.